The number of hydrogen-bond acceptors (Lipinski definition) is 6. The third-order valence-electron chi connectivity index (χ3n) is 8.48. The average molecular weight is 753 g/mol. The molecule has 0 N–H and O–H groups in total. The van der Waals surface area contributed by atoms with E-state index >= 15 is 0 Å². The Kier molecular flexibility index (Phi) is 13.4. The maximum absolute atomic E-state index is 15.0. The van der Waals surface area contributed by atoms with Crippen LogP contribution in [0, 0.1) is 0 Å². The lowest BCUT2D eigenvalue weighted by Crippen LogP contribution is -2.62. The van der Waals surface area contributed by atoms with Crippen LogP contribution in [0.5, 0.6) is 0 Å². The first-order valence-corrected chi connectivity index (χ1v) is 16.5. The van der Waals surface area contributed by atoms with Crippen molar-refractivity contribution in [1.29, 1.82) is 0 Å². The van der Waals surface area contributed by atoms with Gasteiger partial charge in [0, 0.05) is 6.42 Å². The highest BCUT2D eigenvalue weighted by Crippen LogP contribution is 2.49. The summed E-state index contributed by atoms with van der Waals surface area (Å²) in [5.41, 5.74) is 2.66. The van der Waals surface area contributed by atoms with Gasteiger partial charge >= 0.3 is 18.0 Å². The summed E-state index contributed by atoms with van der Waals surface area (Å²) in [4.78, 5) is 13.0. The predicted octanol–water partition coefficient (Wildman–Crippen LogP) is 8.81. The van der Waals surface area contributed by atoms with Crippen molar-refractivity contribution in [2.24, 2.45) is 0 Å². The molecular weight excluding hydrogens is 716 g/mol. The predicted molar refractivity (Wildman–Crippen MR) is 175 cm³/mol. The lowest BCUT2D eigenvalue weighted by molar-refractivity contribution is -0.363. The molecule has 0 saturated carbocycles. The molecule has 0 amide bonds. The van der Waals surface area contributed by atoms with Gasteiger partial charge in [-0.05, 0) is 22.3 Å². The summed E-state index contributed by atoms with van der Waals surface area (Å²) in [6.45, 7) is -0.409. The number of ether oxygens (including phenoxy) is 5. The van der Waals surface area contributed by atoms with E-state index in [1.807, 2.05) is 0 Å². The molecule has 14 heteroatoms. The summed E-state index contributed by atoms with van der Waals surface area (Å²) in [5, 5.41) is 0. The van der Waals surface area contributed by atoms with Crippen LogP contribution in [-0.4, -0.2) is 60.7 Å². The SMILES string of the molecule is O=C(C[C@@H]1O[C@H](OCc2ccccc2)[C@@H](OCc2ccccc2)[C@H](OCc2ccccc2)[C@H]1OCc1ccccc1)C(F)C(F)(F)C(F)(F)C(F)(F)F. The van der Waals surface area contributed by atoms with Crippen LogP contribution in [-0.2, 0) is 54.9 Å². The number of benzene rings is 4. The third kappa shape index (κ3) is 10.1. The van der Waals surface area contributed by atoms with Crippen molar-refractivity contribution in [1.82, 2.24) is 0 Å². The zero-order valence-electron chi connectivity index (χ0n) is 28.0. The highest BCUT2D eigenvalue weighted by molar-refractivity contribution is 5.84. The zero-order valence-corrected chi connectivity index (χ0v) is 28.0. The van der Waals surface area contributed by atoms with E-state index in [1.54, 1.807) is 121 Å². The zero-order chi connectivity index (χ0) is 38.1. The van der Waals surface area contributed by atoms with Crippen molar-refractivity contribution < 1.29 is 63.6 Å². The fraction of sp³-hybridized carbons (Fsp3) is 0.359. The Balaban J connectivity index is 1.52. The average Bonchev–Trinajstić information content (AvgIpc) is 3.16. The number of Topliss-reactive ketones (excluding diaryl/α,β-unsaturated/α-hetero) is 1. The minimum absolute atomic E-state index is 0.0223. The monoisotopic (exact) mass is 752 g/mol. The fourth-order valence-electron chi connectivity index (χ4n) is 5.65. The smallest absolute Gasteiger partial charge is 0.368 e. The first-order chi connectivity index (χ1) is 25.3. The molecule has 284 valence electrons. The van der Waals surface area contributed by atoms with Crippen LogP contribution in [0.4, 0.5) is 35.1 Å². The van der Waals surface area contributed by atoms with E-state index in [9.17, 15) is 39.9 Å². The van der Waals surface area contributed by atoms with E-state index in [0.29, 0.717) is 16.7 Å². The van der Waals surface area contributed by atoms with Crippen molar-refractivity contribution in [3.63, 3.8) is 0 Å². The number of rotatable bonds is 17. The van der Waals surface area contributed by atoms with Gasteiger partial charge in [0.2, 0.25) is 6.17 Å². The summed E-state index contributed by atoms with van der Waals surface area (Å²) in [5.74, 6) is -15.6. The summed E-state index contributed by atoms with van der Waals surface area (Å²) in [6.07, 6.45) is -19.9. The van der Waals surface area contributed by atoms with Crippen LogP contribution in [0.1, 0.15) is 28.7 Å². The van der Waals surface area contributed by atoms with Gasteiger partial charge in [-0.2, -0.15) is 30.7 Å². The van der Waals surface area contributed by atoms with Crippen LogP contribution in [0.3, 0.4) is 0 Å². The minimum Gasteiger partial charge on any atom is -0.368 e. The van der Waals surface area contributed by atoms with Crippen LogP contribution < -0.4 is 0 Å². The van der Waals surface area contributed by atoms with E-state index in [-0.39, 0.29) is 26.4 Å². The van der Waals surface area contributed by atoms with E-state index in [2.05, 4.69) is 0 Å². The van der Waals surface area contributed by atoms with Crippen molar-refractivity contribution in [3.8, 4) is 0 Å². The van der Waals surface area contributed by atoms with Gasteiger partial charge in [-0.25, -0.2) is 4.39 Å². The molecule has 1 aliphatic rings. The lowest BCUT2D eigenvalue weighted by atomic mass is 9.91. The van der Waals surface area contributed by atoms with Crippen LogP contribution in [0.2, 0.25) is 0 Å². The van der Waals surface area contributed by atoms with Crippen molar-refractivity contribution in [3.05, 3.63) is 144 Å². The van der Waals surface area contributed by atoms with Gasteiger partial charge in [-0.1, -0.05) is 121 Å². The van der Waals surface area contributed by atoms with Crippen molar-refractivity contribution >= 4 is 5.78 Å². The Morgan fingerprint density at radius 2 is 0.906 bits per heavy atom. The normalized spacial score (nSPS) is 21.6. The highest BCUT2D eigenvalue weighted by atomic mass is 19.4. The molecule has 4 aromatic rings. The largest absolute Gasteiger partial charge is 0.460 e. The molecule has 6 atom stereocenters. The van der Waals surface area contributed by atoms with Gasteiger partial charge < -0.3 is 23.7 Å². The molecule has 0 radical (unpaired) electrons. The molecule has 53 heavy (non-hydrogen) atoms. The van der Waals surface area contributed by atoms with Gasteiger partial charge in [0.05, 0.1) is 32.5 Å². The number of hydrogen-bond donors (Lipinski definition) is 0. The molecule has 5 rings (SSSR count). The van der Waals surface area contributed by atoms with E-state index < -0.39 is 67.1 Å². The van der Waals surface area contributed by atoms with Crippen LogP contribution >= 0.6 is 0 Å². The van der Waals surface area contributed by atoms with Crippen molar-refractivity contribution in [2.45, 2.75) is 87.7 Å². The Bertz CT molecular complexity index is 1700. The van der Waals surface area contributed by atoms with Gasteiger partial charge in [0.25, 0.3) is 0 Å². The van der Waals surface area contributed by atoms with Gasteiger partial charge in [0.15, 0.2) is 12.1 Å². The second kappa shape index (κ2) is 17.7. The Hall–Kier alpha value is -4.21. The Morgan fingerprint density at radius 1 is 0.547 bits per heavy atom. The molecular formula is C39H36F8O6. The molecule has 0 spiro atoms. The summed E-state index contributed by atoms with van der Waals surface area (Å²) < 4.78 is 141. The molecule has 0 bridgehead atoms. The fourth-order valence-corrected chi connectivity index (χ4v) is 5.65. The first kappa shape index (κ1) is 40.0. The Morgan fingerprint density at radius 3 is 1.30 bits per heavy atom. The van der Waals surface area contributed by atoms with Crippen LogP contribution in [0.25, 0.3) is 0 Å². The van der Waals surface area contributed by atoms with E-state index in [1.165, 1.54) is 0 Å². The number of halogens is 8. The summed E-state index contributed by atoms with van der Waals surface area (Å²) in [6, 6.07) is 34.9. The molecule has 1 heterocycles. The maximum Gasteiger partial charge on any atom is 0.460 e. The molecule has 1 saturated heterocycles. The third-order valence-corrected chi connectivity index (χ3v) is 8.48. The minimum atomic E-state index is -6.86. The number of carbonyl (C=O) groups is 1. The molecule has 4 aromatic carbocycles. The maximum atomic E-state index is 15.0. The Labute approximate surface area is 300 Å². The molecule has 0 aromatic heterocycles. The van der Waals surface area contributed by atoms with E-state index in [4.69, 9.17) is 23.7 Å². The number of alkyl halides is 8. The first-order valence-electron chi connectivity index (χ1n) is 16.5. The second-order valence-corrected chi connectivity index (χ2v) is 12.4. The topological polar surface area (TPSA) is 63.2 Å². The van der Waals surface area contributed by atoms with Gasteiger partial charge in [0.1, 0.15) is 18.3 Å². The standard InChI is InChI=1S/C39H36F8O6/c40-35(37(41,42)38(43,44)39(45,46)47)30(48)21-31-32(49-22-26-13-5-1-6-14-26)33(50-23-27-15-7-2-8-16-27)34(51-24-28-17-9-3-10-18-28)36(53-31)52-25-29-19-11-4-12-20-29/h1-20,31-36H,21-25H2/t31-,32-,33+,34-,35?,36-/m0/s1. The number of ketones is 1. The van der Waals surface area contributed by atoms with Crippen molar-refractivity contribution in [2.75, 3.05) is 0 Å². The summed E-state index contributed by atoms with van der Waals surface area (Å²) in [7, 11) is 0. The molecule has 0 aliphatic carbocycles. The summed E-state index contributed by atoms with van der Waals surface area (Å²) >= 11 is 0. The van der Waals surface area contributed by atoms with E-state index in [0.717, 1.165) is 5.56 Å². The lowest BCUT2D eigenvalue weighted by Gasteiger charge is -2.46. The number of carbonyl (C=O) groups excluding carboxylic acids is 1. The molecule has 1 unspecified atom stereocenters. The highest BCUT2D eigenvalue weighted by Gasteiger charge is 2.77. The molecule has 6 nitrogen and oxygen atoms in total. The van der Waals surface area contributed by atoms with Gasteiger partial charge in [-0.15, -0.1) is 0 Å². The van der Waals surface area contributed by atoms with Gasteiger partial charge in [-0.3, -0.25) is 4.79 Å². The quantitative estimate of drug-likeness (QED) is 0.101. The molecule has 1 fully saturated rings. The van der Waals surface area contributed by atoms with Crippen LogP contribution in [0.15, 0.2) is 121 Å². The molecule has 1 aliphatic heterocycles. The second-order valence-electron chi connectivity index (χ2n) is 12.4.